The van der Waals surface area contributed by atoms with E-state index in [0.29, 0.717) is 23.8 Å². The van der Waals surface area contributed by atoms with E-state index in [2.05, 4.69) is 4.98 Å². The van der Waals surface area contributed by atoms with Crippen LogP contribution in [0.3, 0.4) is 0 Å². The summed E-state index contributed by atoms with van der Waals surface area (Å²) in [4.78, 5) is 14.8. The molecule has 1 aromatic heterocycles. The van der Waals surface area contributed by atoms with Gasteiger partial charge in [-0.3, -0.25) is 0 Å². The summed E-state index contributed by atoms with van der Waals surface area (Å²) in [5.74, 6) is 0.211. The first-order valence-corrected chi connectivity index (χ1v) is 6.24. The minimum absolute atomic E-state index is 0.00388. The second kappa shape index (κ2) is 6.56. The molecule has 0 aliphatic rings. The summed E-state index contributed by atoms with van der Waals surface area (Å²) >= 11 is 0. The van der Waals surface area contributed by atoms with Crippen molar-refractivity contribution >= 4 is 5.97 Å². The van der Waals surface area contributed by atoms with Crippen LogP contribution in [0.5, 0.6) is 11.5 Å². The lowest BCUT2D eigenvalue weighted by Crippen LogP contribution is -2.05. The van der Waals surface area contributed by atoms with Crippen LogP contribution in [-0.2, 0) is 6.61 Å². The van der Waals surface area contributed by atoms with Crippen molar-refractivity contribution < 1.29 is 19.4 Å². The number of ether oxygens (including phenoxy) is 2. The van der Waals surface area contributed by atoms with Gasteiger partial charge in [-0.05, 0) is 31.2 Å². The lowest BCUT2D eigenvalue weighted by molar-refractivity contribution is 0.0690. The maximum Gasteiger partial charge on any atom is 0.354 e. The highest BCUT2D eigenvalue weighted by molar-refractivity contribution is 5.85. The van der Waals surface area contributed by atoms with Crippen molar-refractivity contribution in [3.05, 3.63) is 53.9 Å². The first-order chi connectivity index (χ1) is 9.70. The summed E-state index contributed by atoms with van der Waals surface area (Å²) in [7, 11) is 0. The van der Waals surface area contributed by atoms with Gasteiger partial charge < -0.3 is 14.6 Å². The lowest BCUT2D eigenvalue weighted by Gasteiger charge is -2.11. The average molecular weight is 273 g/mol. The van der Waals surface area contributed by atoms with Crippen LogP contribution in [0.2, 0.25) is 0 Å². The zero-order chi connectivity index (χ0) is 14.4. The highest BCUT2D eigenvalue weighted by Gasteiger charge is 2.07. The van der Waals surface area contributed by atoms with Crippen LogP contribution >= 0.6 is 0 Å². The van der Waals surface area contributed by atoms with Crippen LogP contribution in [0.25, 0.3) is 0 Å². The van der Waals surface area contributed by atoms with E-state index in [-0.39, 0.29) is 12.3 Å². The minimum atomic E-state index is -1.05. The third-order valence-electron chi connectivity index (χ3n) is 2.55. The quantitative estimate of drug-likeness (QED) is 0.876. The Hall–Kier alpha value is -2.56. The molecule has 0 aliphatic heterocycles. The highest BCUT2D eigenvalue weighted by Crippen LogP contribution is 2.26. The number of carboxylic acids is 1. The number of rotatable bonds is 6. The van der Waals surface area contributed by atoms with Crippen molar-refractivity contribution in [2.75, 3.05) is 6.61 Å². The number of carboxylic acid groups (broad SMARTS) is 1. The molecule has 0 radical (unpaired) electrons. The van der Waals surface area contributed by atoms with E-state index in [1.54, 1.807) is 18.2 Å². The van der Waals surface area contributed by atoms with Crippen molar-refractivity contribution in [1.82, 2.24) is 4.98 Å². The van der Waals surface area contributed by atoms with Crippen molar-refractivity contribution in [3.63, 3.8) is 0 Å². The molecule has 0 unspecified atom stereocenters. The predicted octanol–water partition coefficient (Wildman–Crippen LogP) is 2.76. The number of hydrogen-bond donors (Lipinski definition) is 1. The Labute approximate surface area is 116 Å². The standard InChI is InChI=1S/C15H15NO4/c1-2-19-13-8-3-4-9-14(13)20-10-11-6-5-7-12(16-11)15(17)18/h3-9H,2,10H2,1H3,(H,17,18). The van der Waals surface area contributed by atoms with Gasteiger partial charge in [-0.2, -0.15) is 0 Å². The van der Waals surface area contributed by atoms with E-state index in [0.717, 1.165) is 0 Å². The van der Waals surface area contributed by atoms with Gasteiger partial charge >= 0.3 is 5.97 Å². The average Bonchev–Trinajstić information content (AvgIpc) is 2.47. The van der Waals surface area contributed by atoms with E-state index in [1.165, 1.54) is 6.07 Å². The Morgan fingerprint density at radius 2 is 1.80 bits per heavy atom. The van der Waals surface area contributed by atoms with Gasteiger partial charge in [0.15, 0.2) is 11.5 Å². The highest BCUT2D eigenvalue weighted by atomic mass is 16.5. The van der Waals surface area contributed by atoms with Crippen LogP contribution in [0.1, 0.15) is 23.1 Å². The molecule has 0 saturated heterocycles. The number of aromatic nitrogens is 1. The summed E-state index contributed by atoms with van der Waals surface area (Å²) in [5, 5.41) is 8.89. The molecule has 5 nitrogen and oxygen atoms in total. The topological polar surface area (TPSA) is 68.7 Å². The first-order valence-electron chi connectivity index (χ1n) is 6.24. The molecule has 104 valence electrons. The molecular formula is C15H15NO4. The van der Waals surface area contributed by atoms with Crippen LogP contribution in [0.15, 0.2) is 42.5 Å². The number of carbonyl (C=O) groups is 1. The van der Waals surface area contributed by atoms with Crippen LogP contribution < -0.4 is 9.47 Å². The molecule has 0 aliphatic carbocycles. The molecule has 0 fully saturated rings. The van der Waals surface area contributed by atoms with Crippen molar-refractivity contribution in [2.45, 2.75) is 13.5 Å². The molecule has 2 aromatic rings. The van der Waals surface area contributed by atoms with E-state index < -0.39 is 5.97 Å². The number of para-hydroxylation sites is 2. The predicted molar refractivity (Wildman–Crippen MR) is 73.1 cm³/mol. The summed E-state index contributed by atoms with van der Waals surface area (Å²) in [6.45, 7) is 2.63. The van der Waals surface area contributed by atoms with Gasteiger partial charge in [-0.1, -0.05) is 18.2 Å². The fourth-order valence-electron chi connectivity index (χ4n) is 1.67. The Bertz CT molecular complexity index is 598. The van der Waals surface area contributed by atoms with E-state index in [9.17, 15) is 4.79 Å². The van der Waals surface area contributed by atoms with Crippen molar-refractivity contribution in [2.24, 2.45) is 0 Å². The zero-order valence-electron chi connectivity index (χ0n) is 11.1. The van der Waals surface area contributed by atoms with E-state index in [1.807, 2.05) is 25.1 Å². The number of benzene rings is 1. The normalized spacial score (nSPS) is 10.1. The molecule has 1 heterocycles. The maximum atomic E-state index is 10.8. The fourth-order valence-corrected chi connectivity index (χ4v) is 1.67. The first kappa shape index (κ1) is 13.9. The molecule has 1 N–H and O–H groups in total. The monoisotopic (exact) mass is 273 g/mol. The van der Waals surface area contributed by atoms with Crippen molar-refractivity contribution in [1.29, 1.82) is 0 Å². The van der Waals surface area contributed by atoms with Gasteiger partial charge in [0.2, 0.25) is 0 Å². The van der Waals surface area contributed by atoms with Gasteiger partial charge in [0.05, 0.1) is 12.3 Å². The molecule has 0 amide bonds. The van der Waals surface area contributed by atoms with Crippen LogP contribution in [-0.4, -0.2) is 22.7 Å². The Morgan fingerprint density at radius 3 is 2.45 bits per heavy atom. The molecule has 0 bridgehead atoms. The van der Waals surface area contributed by atoms with Crippen LogP contribution in [0, 0.1) is 0 Å². The summed E-state index contributed by atoms with van der Waals surface area (Å²) in [6.07, 6.45) is 0. The second-order valence-corrected chi connectivity index (χ2v) is 3.99. The molecule has 2 rings (SSSR count). The molecule has 20 heavy (non-hydrogen) atoms. The molecular weight excluding hydrogens is 258 g/mol. The van der Waals surface area contributed by atoms with Gasteiger partial charge in [0, 0.05) is 0 Å². The number of hydrogen-bond acceptors (Lipinski definition) is 4. The SMILES string of the molecule is CCOc1ccccc1OCc1cccc(C(=O)O)n1. The molecule has 5 heteroatoms. The van der Waals surface area contributed by atoms with Gasteiger partial charge in [-0.15, -0.1) is 0 Å². The molecule has 0 saturated carbocycles. The van der Waals surface area contributed by atoms with Gasteiger partial charge in [0.25, 0.3) is 0 Å². The van der Waals surface area contributed by atoms with E-state index in [4.69, 9.17) is 14.6 Å². The largest absolute Gasteiger partial charge is 0.490 e. The Balaban J connectivity index is 2.09. The van der Waals surface area contributed by atoms with Gasteiger partial charge in [0.1, 0.15) is 12.3 Å². The number of pyridine rings is 1. The third-order valence-corrected chi connectivity index (χ3v) is 2.55. The summed E-state index contributed by atoms with van der Waals surface area (Å²) in [5.41, 5.74) is 0.556. The van der Waals surface area contributed by atoms with E-state index >= 15 is 0 Å². The van der Waals surface area contributed by atoms with Gasteiger partial charge in [-0.25, -0.2) is 9.78 Å². The third kappa shape index (κ3) is 3.47. The van der Waals surface area contributed by atoms with Crippen molar-refractivity contribution in [3.8, 4) is 11.5 Å². The Kier molecular flexibility index (Phi) is 4.55. The second-order valence-electron chi connectivity index (χ2n) is 3.99. The molecule has 0 atom stereocenters. The zero-order valence-corrected chi connectivity index (χ0v) is 11.1. The van der Waals surface area contributed by atoms with Crippen LogP contribution in [0.4, 0.5) is 0 Å². The lowest BCUT2D eigenvalue weighted by atomic mass is 10.3. The Morgan fingerprint density at radius 1 is 1.10 bits per heavy atom. The number of nitrogens with zero attached hydrogens (tertiary/aromatic N) is 1. The fraction of sp³-hybridized carbons (Fsp3) is 0.200. The summed E-state index contributed by atoms with van der Waals surface area (Å²) in [6, 6.07) is 12.1. The molecule has 0 spiro atoms. The smallest absolute Gasteiger partial charge is 0.354 e. The minimum Gasteiger partial charge on any atom is -0.490 e. The summed E-state index contributed by atoms with van der Waals surface area (Å²) < 4.78 is 11.1. The maximum absolute atomic E-state index is 10.8. The molecule has 1 aromatic carbocycles. The number of aromatic carboxylic acids is 1.